The summed E-state index contributed by atoms with van der Waals surface area (Å²) in [4.78, 5) is 24.8. The Morgan fingerprint density at radius 2 is 2.12 bits per heavy atom. The molecule has 0 amide bonds. The van der Waals surface area contributed by atoms with Crippen LogP contribution < -0.4 is 5.32 Å². The molecule has 7 nitrogen and oxygen atoms in total. The molecule has 0 unspecified atom stereocenters. The quantitative estimate of drug-likeness (QED) is 0.814. The Morgan fingerprint density at radius 3 is 2.64 bits per heavy atom. The number of ether oxygens (including phenoxy) is 2. The van der Waals surface area contributed by atoms with Crippen molar-refractivity contribution in [3.05, 3.63) is 17.5 Å². The summed E-state index contributed by atoms with van der Waals surface area (Å²) in [6.07, 6.45) is 2.37. The van der Waals surface area contributed by atoms with Crippen LogP contribution >= 0.6 is 0 Å². The lowest BCUT2D eigenvalue weighted by atomic mass is 9.76. The first-order chi connectivity index (χ1) is 11.7. The second-order valence-corrected chi connectivity index (χ2v) is 7.41. The van der Waals surface area contributed by atoms with Gasteiger partial charge in [-0.05, 0) is 47.0 Å². The van der Waals surface area contributed by atoms with Crippen LogP contribution in [0.1, 0.15) is 70.1 Å². The average Bonchev–Trinajstić information content (AvgIpc) is 3.04. The van der Waals surface area contributed by atoms with Crippen molar-refractivity contribution in [1.29, 1.82) is 0 Å². The van der Waals surface area contributed by atoms with E-state index in [0.717, 1.165) is 12.8 Å². The molecule has 2 rings (SSSR count). The maximum absolute atomic E-state index is 13.0. The molecule has 2 heterocycles. The molecule has 25 heavy (non-hydrogen) atoms. The van der Waals surface area contributed by atoms with Gasteiger partial charge in [-0.15, -0.1) is 0 Å². The van der Waals surface area contributed by atoms with E-state index in [9.17, 15) is 9.59 Å². The lowest BCUT2D eigenvalue weighted by Crippen LogP contribution is -2.54. The number of esters is 2. The van der Waals surface area contributed by atoms with E-state index in [1.54, 1.807) is 6.92 Å². The number of carbonyl (C=O) groups is 2. The van der Waals surface area contributed by atoms with Crippen LogP contribution in [0.15, 0.2) is 10.6 Å². The number of aromatic nitrogens is 1. The summed E-state index contributed by atoms with van der Waals surface area (Å²) in [7, 11) is 0. The van der Waals surface area contributed by atoms with Gasteiger partial charge < -0.3 is 19.3 Å². The smallest absolute Gasteiger partial charge is 0.360 e. The van der Waals surface area contributed by atoms with Crippen LogP contribution in [-0.2, 0) is 19.7 Å². The van der Waals surface area contributed by atoms with Crippen molar-refractivity contribution < 1.29 is 23.6 Å². The zero-order valence-corrected chi connectivity index (χ0v) is 15.7. The van der Waals surface area contributed by atoms with Crippen molar-refractivity contribution in [2.75, 3.05) is 13.2 Å². The number of rotatable bonds is 5. The third-order valence-corrected chi connectivity index (χ3v) is 4.36. The summed E-state index contributed by atoms with van der Waals surface area (Å²) in [6.45, 7) is 9.94. The SMILES string of the molecule is CCOC(=O)c1cc([C@@]2(C(=O)OC(C)(C)C)CC[C@@H](CC)NC2)on1. The normalized spacial score (nSPS) is 24.0. The largest absolute Gasteiger partial charge is 0.461 e. The Hall–Kier alpha value is -1.89. The van der Waals surface area contributed by atoms with Crippen LogP contribution in [-0.4, -0.2) is 41.9 Å². The summed E-state index contributed by atoms with van der Waals surface area (Å²) in [5.41, 5.74) is -1.54. The number of hydrogen-bond acceptors (Lipinski definition) is 7. The van der Waals surface area contributed by atoms with Crippen LogP contribution in [0.25, 0.3) is 0 Å². The Kier molecular flexibility index (Phi) is 5.87. The predicted octanol–water partition coefficient (Wildman–Crippen LogP) is 2.59. The van der Waals surface area contributed by atoms with E-state index in [0.29, 0.717) is 24.8 Å². The van der Waals surface area contributed by atoms with Gasteiger partial charge in [0.25, 0.3) is 0 Å². The first-order valence-electron chi connectivity index (χ1n) is 8.83. The number of piperidine rings is 1. The van der Waals surface area contributed by atoms with Gasteiger partial charge in [-0.3, -0.25) is 4.79 Å². The minimum absolute atomic E-state index is 0.0670. The number of hydrogen-bond donors (Lipinski definition) is 1. The monoisotopic (exact) mass is 352 g/mol. The van der Waals surface area contributed by atoms with Gasteiger partial charge in [0.15, 0.2) is 11.5 Å². The predicted molar refractivity (Wildman–Crippen MR) is 91.3 cm³/mol. The van der Waals surface area contributed by atoms with Crippen LogP contribution in [0.2, 0.25) is 0 Å². The molecule has 0 spiro atoms. The number of nitrogens with one attached hydrogen (secondary N) is 1. The summed E-state index contributed by atoms with van der Waals surface area (Å²) in [6, 6.07) is 1.85. The van der Waals surface area contributed by atoms with Crippen LogP contribution in [0.3, 0.4) is 0 Å². The molecule has 1 aliphatic heterocycles. The topological polar surface area (TPSA) is 90.7 Å². The zero-order valence-electron chi connectivity index (χ0n) is 15.7. The summed E-state index contributed by atoms with van der Waals surface area (Å²) in [5.74, 6) is -0.590. The molecule has 140 valence electrons. The van der Waals surface area contributed by atoms with Crippen molar-refractivity contribution in [1.82, 2.24) is 10.5 Å². The number of carbonyl (C=O) groups excluding carboxylic acids is 2. The van der Waals surface area contributed by atoms with Crippen LogP contribution in [0, 0.1) is 0 Å². The molecule has 0 saturated carbocycles. The molecular weight excluding hydrogens is 324 g/mol. The van der Waals surface area contributed by atoms with Gasteiger partial charge in [-0.2, -0.15) is 0 Å². The van der Waals surface area contributed by atoms with Crippen LogP contribution in [0.4, 0.5) is 0 Å². The molecule has 1 aliphatic rings. The molecule has 0 aromatic carbocycles. The fourth-order valence-corrected chi connectivity index (χ4v) is 2.94. The van der Waals surface area contributed by atoms with Gasteiger partial charge >= 0.3 is 11.9 Å². The first kappa shape index (κ1) is 19.4. The molecule has 1 aromatic rings. The summed E-state index contributed by atoms with van der Waals surface area (Å²) in [5, 5.41) is 7.17. The van der Waals surface area contributed by atoms with E-state index in [2.05, 4.69) is 17.4 Å². The maximum Gasteiger partial charge on any atom is 0.360 e. The van der Waals surface area contributed by atoms with Crippen molar-refractivity contribution in [3.8, 4) is 0 Å². The van der Waals surface area contributed by atoms with E-state index in [1.165, 1.54) is 6.07 Å². The van der Waals surface area contributed by atoms with Gasteiger partial charge in [-0.25, -0.2) is 4.79 Å². The Labute approximate surface area is 148 Å². The second kappa shape index (κ2) is 7.56. The summed E-state index contributed by atoms with van der Waals surface area (Å²) < 4.78 is 16.0. The average molecular weight is 352 g/mol. The molecule has 7 heteroatoms. The van der Waals surface area contributed by atoms with Crippen molar-refractivity contribution in [2.45, 2.75) is 70.9 Å². The molecular formula is C18H28N2O5. The minimum Gasteiger partial charge on any atom is -0.461 e. The van der Waals surface area contributed by atoms with Gasteiger partial charge in [-0.1, -0.05) is 12.1 Å². The van der Waals surface area contributed by atoms with Crippen molar-refractivity contribution in [2.24, 2.45) is 0 Å². The van der Waals surface area contributed by atoms with Crippen molar-refractivity contribution in [3.63, 3.8) is 0 Å². The van der Waals surface area contributed by atoms with E-state index in [-0.39, 0.29) is 18.3 Å². The van der Waals surface area contributed by atoms with Crippen molar-refractivity contribution >= 4 is 11.9 Å². The van der Waals surface area contributed by atoms with E-state index >= 15 is 0 Å². The highest BCUT2D eigenvalue weighted by atomic mass is 16.6. The molecule has 1 N–H and O–H groups in total. The van der Waals surface area contributed by atoms with E-state index < -0.39 is 17.0 Å². The van der Waals surface area contributed by atoms with Crippen LogP contribution in [0.5, 0.6) is 0 Å². The van der Waals surface area contributed by atoms with Gasteiger partial charge in [0.1, 0.15) is 11.0 Å². The van der Waals surface area contributed by atoms with Gasteiger partial charge in [0.2, 0.25) is 0 Å². The van der Waals surface area contributed by atoms with E-state index in [1.807, 2.05) is 20.8 Å². The van der Waals surface area contributed by atoms with E-state index in [4.69, 9.17) is 14.0 Å². The molecule has 0 radical (unpaired) electrons. The fraction of sp³-hybridized carbons (Fsp3) is 0.722. The fourth-order valence-electron chi connectivity index (χ4n) is 2.94. The molecule has 1 aromatic heterocycles. The minimum atomic E-state index is -0.989. The highest BCUT2D eigenvalue weighted by Gasteiger charge is 2.49. The first-order valence-corrected chi connectivity index (χ1v) is 8.83. The second-order valence-electron chi connectivity index (χ2n) is 7.41. The molecule has 0 aliphatic carbocycles. The third kappa shape index (κ3) is 4.39. The van der Waals surface area contributed by atoms with Gasteiger partial charge in [0.05, 0.1) is 6.61 Å². The zero-order chi connectivity index (χ0) is 18.7. The highest BCUT2D eigenvalue weighted by Crippen LogP contribution is 2.36. The standard InChI is InChI=1S/C18H28N2O5/c1-6-12-8-9-18(11-19-12,16(22)24-17(3,4)5)14-10-13(20-25-14)15(21)23-7-2/h10,12,19H,6-9,11H2,1-5H3/t12-,18-/m1/s1. The maximum atomic E-state index is 13.0. The Morgan fingerprint density at radius 1 is 1.40 bits per heavy atom. The Bertz CT molecular complexity index is 609. The lowest BCUT2D eigenvalue weighted by molar-refractivity contribution is -0.164. The summed E-state index contributed by atoms with van der Waals surface area (Å²) >= 11 is 0. The molecule has 0 bridgehead atoms. The highest BCUT2D eigenvalue weighted by molar-refractivity contribution is 5.88. The molecule has 1 fully saturated rings. The molecule has 1 saturated heterocycles. The third-order valence-electron chi connectivity index (χ3n) is 4.36. The Balaban J connectivity index is 2.32. The number of nitrogens with zero attached hydrogens (tertiary/aromatic N) is 1. The lowest BCUT2D eigenvalue weighted by Gasteiger charge is -2.38. The van der Waals surface area contributed by atoms with Gasteiger partial charge in [0, 0.05) is 18.7 Å². The molecule has 2 atom stereocenters.